The number of methoxy groups -OCH3 is 2. The largest absolute Gasteiger partial charge is 0.383 e. The van der Waals surface area contributed by atoms with Gasteiger partial charge >= 0.3 is 0 Å². The van der Waals surface area contributed by atoms with Gasteiger partial charge in [0.1, 0.15) is 11.9 Å². The summed E-state index contributed by atoms with van der Waals surface area (Å²) in [6, 6.07) is 6.27. The van der Waals surface area contributed by atoms with Crippen molar-refractivity contribution in [1.82, 2.24) is 10.6 Å². The summed E-state index contributed by atoms with van der Waals surface area (Å²) >= 11 is 0. The summed E-state index contributed by atoms with van der Waals surface area (Å²) in [5.74, 6) is 0.449. The van der Waals surface area contributed by atoms with Gasteiger partial charge in [-0.25, -0.2) is 4.39 Å². The second-order valence-corrected chi connectivity index (χ2v) is 4.42. The van der Waals surface area contributed by atoms with Gasteiger partial charge in [0.2, 0.25) is 0 Å². The zero-order chi connectivity index (χ0) is 15.5. The Morgan fingerprint density at radius 1 is 1.23 bits per heavy atom. The van der Waals surface area contributed by atoms with Crippen LogP contribution in [0.4, 0.5) is 4.39 Å². The molecule has 1 unspecified atom stereocenters. The quantitative estimate of drug-likeness (QED) is 0.291. The lowest BCUT2D eigenvalue weighted by molar-refractivity contribution is 0.111. The second kappa shape index (κ2) is 12.6. The van der Waals surface area contributed by atoms with Gasteiger partial charge < -0.3 is 20.1 Å². The number of nitrogens with one attached hydrogen (secondary N) is 2. The third-order valence-corrected chi connectivity index (χ3v) is 2.88. The number of rotatable bonds is 8. The van der Waals surface area contributed by atoms with Crippen LogP contribution >= 0.6 is 24.0 Å². The molecule has 1 atom stereocenters. The third-order valence-electron chi connectivity index (χ3n) is 2.88. The van der Waals surface area contributed by atoms with E-state index >= 15 is 0 Å². The van der Waals surface area contributed by atoms with Crippen molar-refractivity contribution in [3.05, 3.63) is 35.6 Å². The molecule has 5 nitrogen and oxygen atoms in total. The van der Waals surface area contributed by atoms with E-state index in [2.05, 4.69) is 15.6 Å². The first kappa shape index (κ1) is 21.1. The molecule has 0 aliphatic carbocycles. The van der Waals surface area contributed by atoms with Crippen LogP contribution in [0.1, 0.15) is 18.6 Å². The van der Waals surface area contributed by atoms with Crippen LogP contribution in [0.3, 0.4) is 0 Å². The SMILES string of the molecule is CCNC(=NCC(OC)c1ccc(F)cc1)NCCOC.I. The minimum absolute atomic E-state index is 0. The van der Waals surface area contributed by atoms with Gasteiger partial charge in [-0.3, -0.25) is 4.99 Å². The Bertz CT molecular complexity index is 429. The van der Waals surface area contributed by atoms with Gasteiger partial charge in [-0.2, -0.15) is 0 Å². The molecule has 0 aliphatic heterocycles. The van der Waals surface area contributed by atoms with Crippen LogP contribution in [-0.4, -0.2) is 46.4 Å². The number of halogens is 2. The van der Waals surface area contributed by atoms with Gasteiger partial charge in [-0.05, 0) is 24.6 Å². The molecule has 0 saturated heterocycles. The minimum Gasteiger partial charge on any atom is -0.383 e. The first-order valence-corrected chi connectivity index (χ1v) is 7.00. The molecular weight excluding hydrogens is 400 g/mol. The minimum atomic E-state index is -0.258. The molecule has 0 aromatic heterocycles. The third kappa shape index (κ3) is 7.90. The Hall–Kier alpha value is -0.930. The number of guanidine groups is 1. The molecule has 0 fully saturated rings. The smallest absolute Gasteiger partial charge is 0.191 e. The molecule has 7 heteroatoms. The van der Waals surface area contributed by atoms with E-state index in [1.807, 2.05) is 6.92 Å². The topological polar surface area (TPSA) is 54.9 Å². The van der Waals surface area contributed by atoms with Crippen molar-refractivity contribution in [3.8, 4) is 0 Å². The van der Waals surface area contributed by atoms with Crippen LogP contribution < -0.4 is 10.6 Å². The molecule has 0 spiro atoms. The van der Waals surface area contributed by atoms with Gasteiger partial charge in [0.15, 0.2) is 5.96 Å². The van der Waals surface area contributed by atoms with E-state index in [4.69, 9.17) is 9.47 Å². The Morgan fingerprint density at radius 3 is 2.45 bits per heavy atom. The van der Waals surface area contributed by atoms with E-state index < -0.39 is 0 Å². The highest BCUT2D eigenvalue weighted by Gasteiger charge is 2.10. The van der Waals surface area contributed by atoms with E-state index in [-0.39, 0.29) is 35.9 Å². The lowest BCUT2D eigenvalue weighted by Gasteiger charge is -2.16. The summed E-state index contributed by atoms with van der Waals surface area (Å²) in [5, 5.41) is 6.31. The fourth-order valence-electron chi connectivity index (χ4n) is 1.78. The van der Waals surface area contributed by atoms with Crippen molar-refractivity contribution >= 4 is 29.9 Å². The molecule has 0 saturated carbocycles. The van der Waals surface area contributed by atoms with Crippen LogP contribution in [-0.2, 0) is 9.47 Å². The first-order valence-electron chi connectivity index (χ1n) is 7.00. The summed E-state index contributed by atoms with van der Waals surface area (Å²) < 4.78 is 23.4. The maximum atomic E-state index is 12.9. The highest BCUT2D eigenvalue weighted by Crippen LogP contribution is 2.17. The van der Waals surface area contributed by atoms with Gasteiger partial charge in [0.05, 0.1) is 13.2 Å². The molecule has 22 heavy (non-hydrogen) atoms. The van der Waals surface area contributed by atoms with Crippen LogP contribution in [0.25, 0.3) is 0 Å². The van der Waals surface area contributed by atoms with E-state index in [0.717, 1.165) is 12.1 Å². The van der Waals surface area contributed by atoms with Crippen molar-refractivity contribution in [2.24, 2.45) is 4.99 Å². The molecule has 0 aliphatic rings. The normalized spacial score (nSPS) is 12.5. The maximum Gasteiger partial charge on any atom is 0.191 e. The van der Waals surface area contributed by atoms with Crippen molar-refractivity contribution < 1.29 is 13.9 Å². The van der Waals surface area contributed by atoms with Crippen molar-refractivity contribution in [2.75, 3.05) is 40.5 Å². The molecule has 126 valence electrons. The van der Waals surface area contributed by atoms with E-state index in [1.54, 1.807) is 26.4 Å². The number of ether oxygens (including phenoxy) is 2. The Morgan fingerprint density at radius 2 is 1.91 bits per heavy atom. The number of hydrogen-bond acceptors (Lipinski definition) is 3. The van der Waals surface area contributed by atoms with E-state index in [9.17, 15) is 4.39 Å². The lowest BCUT2D eigenvalue weighted by Crippen LogP contribution is -2.39. The Kier molecular flexibility index (Phi) is 12.1. The van der Waals surface area contributed by atoms with Crippen molar-refractivity contribution in [2.45, 2.75) is 13.0 Å². The summed E-state index contributed by atoms with van der Waals surface area (Å²) in [7, 11) is 3.27. The molecule has 0 radical (unpaired) electrons. The Labute approximate surface area is 148 Å². The van der Waals surface area contributed by atoms with Crippen molar-refractivity contribution in [1.29, 1.82) is 0 Å². The van der Waals surface area contributed by atoms with E-state index in [0.29, 0.717) is 25.7 Å². The zero-order valence-electron chi connectivity index (χ0n) is 13.3. The average Bonchev–Trinajstić information content (AvgIpc) is 2.49. The summed E-state index contributed by atoms with van der Waals surface area (Å²) in [4.78, 5) is 4.48. The highest BCUT2D eigenvalue weighted by molar-refractivity contribution is 14.0. The number of benzene rings is 1. The van der Waals surface area contributed by atoms with Crippen LogP contribution in [0.2, 0.25) is 0 Å². The fraction of sp³-hybridized carbons (Fsp3) is 0.533. The number of hydrogen-bond donors (Lipinski definition) is 2. The Balaban J connectivity index is 0.00000441. The summed E-state index contributed by atoms with van der Waals surface area (Å²) in [5.41, 5.74) is 0.899. The molecule has 0 bridgehead atoms. The molecule has 0 amide bonds. The first-order chi connectivity index (χ1) is 10.2. The van der Waals surface area contributed by atoms with Gasteiger partial charge in [-0.1, -0.05) is 12.1 Å². The number of aliphatic imine (C=N–C) groups is 1. The standard InChI is InChI=1S/C15H24FN3O2.HI/c1-4-17-15(18-9-10-20-2)19-11-14(21-3)12-5-7-13(16)8-6-12;/h5-8,14H,4,9-11H2,1-3H3,(H2,17,18,19);1H. The van der Waals surface area contributed by atoms with Gasteiger partial charge in [0, 0.05) is 27.3 Å². The molecule has 1 rings (SSSR count). The average molecular weight is 425 g/mol. The summed E-state index contributed by atoms with van der Waals surface area (Å²) in [6.45, 7) is 4.51. The highest BCUT2D eigenvalue weighted by atomic mass is 127. The summed E-state index contributed by atoms with van der Waals surface area (Å²) in [6.07, 6.45) is -0.205. The molecular formula is C15H25FIN3O2. The monoisotopic (exact) mass is 425 g/mol. The lowest BCUT2D eigenvalue weighted by atomic mass is 10.1. The second-order valence-electron chi connectivity index (χ2n) is 4.42. The fourth-order valence-corrected chi connectivity index (χ4v) is 1.78. The van der Waals surface area contributed by atoms with Gasteiger partial charge in [-0.15, -0.1) is 24.0 Å². The number of nitrogens with zero attached hydrogens (tertiary/aromatic N) is 1. The zero-order valence-corrected chi connectivity index (χ0v) is 15.6. The molecule has 1 aromatic rings. The molecule has 1 aromatic carbocycles. The van der Waals surface area contributed by atoms with Crippen molar-refractivity contribution in [3.63, 3.8) is 0 Å². The molecule has 0 heterocycles. The predicted octanol–water partition coefficient (Wildman–Crippen LogP) is 2.33. The predicted molar refractivity (Wildman–Crippen MR) is 97.4 cm³/mol. The molecule has 2 N–H and O–H groups in total. The van der Waals surface area contributed by atoms with Crippen LogP contribution in [0.15, 0.2) is 29.3 Å². The maximum absolute atomic E-state index is 12.9. The van der Waals surface area contributed by atoms with Crippen LogP contribution in [0, 0.1) is 5.82 Å². The van der Waals surface area contributed by atoms with Crippen LogP contribution in [0.5, 0.6) is 0 Å². The van der Waals surface area contributed by atoms with Gasteiger partial charge in [0.25, 0.3) is 0 Å². The van der Waals surface area contributed by atoms with E-state index in [1.165, 1.54) is 12.1 Å².